The summed E-state index contributed by atoms with van der Waals surface area (Å²) < 4.78 is 40.0. The predicted molar refractivity (Wildman–Crippen MR) is 111 cm³/mol. The molecule has 2 heterocycles. The van der Waals surface area contributed by atoms with Crippen molar-refractivity contribution in [2.24, 2.45) is 0 Å². The lowest BCUT2D eigenvalue weighted by Gasteiger charge is -2.32. The number of halogens is 4. The van der Waals surface area contributed by atoms with E-state index < -0.39 is 11.9 Å². The molecule has 0 bridgehead atoms. The van der Waals surface area contributed by atoms with Crippen molar-refractivity contribution in [2.75, 3.05) is 18.4 Å². The molecule has 1 aliphatic heterocycles. The molecule has 0 unspecified atom stereocenters. The summed E-state index contributed by atoms with van der Waals surface area (Å²) in [6.07, 6.45) is 0.756. The summed E-state index contributed by atoms with van der Waals surface area (Å²) in [7, 11) is 0. The second kappa shape index (κ2) is 8.49. The molecule has 2 aromatic rings. The van der Waals surface area contributed by atoms with Crippen LogP contribution in [0.4, 0.5) is 23.7 Å². The number of pyridine rings is 1. The van der Waals surface area contributed by atoms with Crippen LogP contribution >= 0.6 is 11.6 Å². The maximum Gasteiger partial charge on any atom is 0.433 e. The lowest BCUT2D eigenvalue weighted by molar-refractivity contribution is -0.140. The first kappa shape index (κ1) is 21.0. The molecule has 2 N–H and O–H groups in total. The summed E-state index contributed by atoms with van der Waals surface area (Å²) in [5.41, 5.74) is -0.327. The van der Waals surface area contributed by atoms with E-state index in [1.807, 2.05) is 4.90 Å². The van der Waals surface area contributed by atoms with Gasteiger partial charge in [-0.2, -0.15) is 13.2 Å². The number of rotatable bonds is 3. The van der Waals surface area contributed by atoms with Crippen LogP contribution in [0.25, 0.3) is 10.9 Å². The summed E-state index contributed by atoms with van der Waals surface area (Å²) in [4.78, 5) is 18.0. The topological polar surface area (TPSA) is 57.3 Å². The van der Waals surface area contributed by atoms with Gasteiger partial charge < -0.3 is 15.5 Å². The summed E-state index contributed by atoms with van der Waals surface area (Å²) in [6, 6.07) is 5.62. The quantitative estimate of drug-likeness (QED) is 0.668. The fourth-order valence-corrected chi connectivity index (χ4v) is 4.49. The Bertz CT molecular complexity index is 930. The van der Waals surface area contributed by atoms with E-state index in [-0.39, 0.29) is 23.6 Å². The van der Waals surface area contributed by atoms with Gasteiger partial charge in [0.05, 0.1) is 5.52 Å². The largest absolute Gasteiger partial charge is 0.433 e. The van der Waals surface area contributed by atoms with Crippen molar-refractivity contribution in [3.8, 4) is 0 Å². The highest BCUT2D eigenvalue weighted by atomic mass is 35.5. The van der Waals surface area contributed by atoms with Crippen molar-refractivity contribution in [3.63, 3.8) is 0 Å². The van der Waals surface area contributed by atoms with E-state index in [9.17, 15) is 18.0 Å². The lowest BCUT2D eigenvalue weighted by atomic mass is 9.90. The zero-order valence-corrected chi connectivity index (χ0v) is 17.2. The van der Waals surface area contributed by atoms with Gasteiger partial charge in [-0.15, -0.1) is 0 Å². The van der Waals surface area contributed by atoms with E-state index >= 15 is 0 Å². The molecule has 5 nitrogen and oxygen atoms in total. The molecule has 9 heteroatoms. The molecule has 2 aliphatic rings. The Balaban J connectivity index is 1.52. The minimum absolute atomic E-state index is 0.00289. The van der Waals surface area contributed by atoms with Crippen LogP contribution in [0.1, 0.15) is 44.2 Å². The summed E-state index contributed by atoms with van der Waals surface area (Å²) >= 11 is 6.08. The van der Waals surface area contributed by atoms with Crippen LogP contribution < -0.4 is 10.6 Å². The highest BCUT2D eigenvalue weighted by Crippen LogP contribution is 2.35. The molecule has 2 fully saturated rings. The molecule has 1 aromatic carbocycles. The number of aromatic nitrogens is 1. The Morgan fingerprint density at radius 1 is 1.10 bits per heavy atom. The van der Waals surface area contributed by atoms with Crippen molar-refractivity contribution >= 4 is 34.2 Å². The summed E-state index contributed by atoms with van der Waals surface area (Å²) in [6.45, 7) is 1.56. The molecule has 2 amide bonds. The number of fused-ring (bicyclic) bond motifs is 1. The number of carbonyl (C=O) groups excluding carboxylic acids is 1. The normalized spacial score (nSPS) is 22.3. The predicted octanol–water partition coefficient (Wildman–Crippen LogP) is 5.44. The van der Waals surface area contributed by atoms with Gasteiger partial charge in [0, 0.05) is 41.3 Å². The van der Waals surface area contributed by atoms with Crippen LogP contribution in [0.3, 0.4) is 0 Å². The molecule has 2 atom stereocenters. The van der Waals surface area contributed by atoms with E-state index in [0.29, 0.717) is 22.5 Å². The smallest absolute Gasteiger partial charge is 0.382 e. The van der Waals surface area contributed by atoms with E-state index in [1.54, 1.807) is 6.07 Å². The standard InChI is InChI=1S/C21H24ClF3N4O/c22-13-6-7-17-16(10-13)18(12-19(28-17)21(23,24)25)26-14-4-3-5-15(11-14)27-20(30)29-8-1-2-9-29/h6-7,10,12,14-15H,1-5,8-9,11H2,(H,26,28)(H,27,30)/t14-,15+/m0/s1. The van der Waals surface area contributed by atoms with Gasteiger partial charge in [-0.3, -0.25) is 0 Å². The highest BCUT2D eigenvalue weighted by Gasteiger charge is 2.34. The SMILES string of the molecule is O=C(N[C@@H]1CCC[C@H](Nc2cc(C(F)(F)F)nc3ccc(Cl)cc23)C1)N1CCCC1. The molecule has 30 heavy (non-hydrogen) atoms. The van der Waals surface area contributed by atoms with Gasteiger partial charge >= 0.3 is 12.2 Å². The van der Waals surface area contributed by atoms with Crippen LogP contribution in [-0.2, 0) is 6.18 Å². The molecule has 1 saturated carbocycles. The zero-order valence-electron chi connectivity index (χ0n) is 16.4. The van der Waals surface area contributed by atoms with Gasteiger partial charge in [0.1, 0.15) is 5.69 Å². The number of carbonyl (C=O) groups is 1. The first-order valence-corrected chi connectivity index (χ1v) is 10.7. The number of nitrogens with one attached hydrogen (secondary N) is 2. The second-order valence-electron chi connectivity index (χ2n) is 8.06. The molecule has 4 rings (SSSR count). The van der Waals surface area contributed by atoms with Gasteiger partial charge in [0.2, 0.25) is 0 Å². The maximum atomic E-state index is 13.3. The van der Waals surface area contributed by atoms with Crippen molar-refractivity contribution in [1.82, 2.24) is 15.2 Å². The third kappa shape index (κ3) is 4.74. The van der Waals surface area contributed by atoms with Gasteiger partial charge in [0.25, 0.3) is 0 Å². The fraction of sp³-hybridized carbons (Fsp3) is 0.524. The van der Waals surface area contributed by atoms with Crippen LogP contribution in [0.2, 0.25) is 5.02 Å². The lowest BCUT2D eigenvalue weighted by Crippen LogP contribution is -2.47. The Hall–Kier alpha value is -2.22. The third-order valence-electron chi connectivity index (χ3n) is 5.82. The number of hydrogen-bond donors (Lipinski definition) is 2. The van der Waals surface area contributed by atoms with Crippen molar-refractivity contribution in [3.05, 3.63) is 35.0 Å². The zero-order chi connectivity index (χ0) is 21.3. The number of nitrogens with zero attached hydrogens (tertiary/aromatic N) is 2. The highest BCUT2D eigenvalue weighted by molar-refractivity contribution is 6.31. The summed E-state index contributed by atoms with van der Waals surface area (Å²) in [5.74, 6) is 0. The Labute approximate surface area is 178 Å². The maximum absolute atomic E-state index is 13.3. The van der Waals surface area contributed by atoms with Crippen molar-refractivity contribution < 1.29 is 18.0 Å². The minimum atomic E-state index is -4.54. The number of likely N-dealkylation sites (tertiary alicyclic amines) is 1. The molecule has 162 valence electrons. The number of hydrogen-bond acceptors (Lipinski definition) is 3. The molecular formula is C21H24ClF3N4O. The summed E-state index contributed by atoms with van der Waals surface area (Å²) in [5, 5.41) is 7.36. The van der Waals surface area contributed by atoms with Crippen LogP contribution in [0, 0.1) is 0 Å². The molecule has 1 aromatic heterocycles. The molecule has 1 aliphatic carbocycles. The average Bonchev–Trinajstić information content (AvgIpc) is 3.23. The van der Waals surface area contributed by atoms with Gasteiger partial charge in [-0.25, -0.2) is 9.78 Å². The second-order valence-corrected chi connectivity index (χ2v) is 8.50. The number of anilines is 1. The molecule has 0 spiro atoms. The Morgan fingerprint density at radius 3 is 2.57 bits per heavy atom. The van der Waals surface area contributed by atoms with Crippen LogP contribution in [0.5, 0.6) is 0 Å². The van der Waals surface area contributed by atoms with E-state index in [0.717, 1.165) is 51.3 Å². The van der Waals surface area contributed by atoms with Crippen molar-refractivity contribution in [2.45, 2.75) is 56.8 Å². The van der Waals surface area contributed by atoms with Gasteiger partial charge in [-0.1, -0.05) is 11.6 Å². The number of alkyl halides is 3. The van der Waals surface area contributed by atoms with Gasteiger partial charge in [0.15, 0.2) is 0 Å². The number of amides is 2. The fourth-order valence-electron chi connectivity index (χ4n) is 4.32. The van der Waals surface area contributed by atoms with E-state index in [2.05, 4.69) is 15.6 Å². The van der Waals surface area contributed by atoms with Crippen molar-refractivity contribution in [1.29, 1.82) is 0 Å². The van der Waals surface area contributed by atoms with Gasteiger partial charge in [-0.05, 0) is 62.8 Å². The molecular weight excluding hydrogens is 417 g/mol. The molecule has 1 saturated heterocycles. The van der Waals surface area contributed by atoms with E-state index in [4.69, 9.17) is 11.6 Å². The van der Waals surface area contributed by atoms with Crippen LogP contribution in [-0.4, -0.2) is 41.1 Å². The Kier molecular flexibility index (Phi) is 5.95. The Morgan fingerprint density at radius 2 is 1.83 bits per heavy atom. The number of benzene rings is 1. The first-order valence-electron chi connectivity index (χ1n) is 10.3. The van der Waals surface area contributed by atoms with Crippen LogP contribution in [0.15, 0.2) is 24.3 Å². The van der Waals surface area contributed by atoms with E-state index in [1.165, 1.54) is 12.1 Å². The third-order valence-corrected chi connectivity index (χ3v) is 6.05. The minimum Gasteiger partial charge on any atom is -0.382 e. The molecule has 0 radical (unpaired) electrons. The average molecular weight is 441 g/mol. The first-order chi connectivity index (χ1) is 14.3. The monoisotopic (exact) mass is 440 g/mol. The number of urea groups is 1.